The van der Waals surface area contributed by atoms with Crippen LogP contribution in [0.1, 0.15) is 0 Å². The van der Waals surface area contributed by atoms with E-state index in [1.807, 2.05) is 11.9 Å². The zero-order chi connectivity index (χ0) is 12.6. The number of nitrogens with zero attached hydrogens (tertiary/aromatic N) is 1. The Hall–Kier alpha value is -1.84. The molecule has 1 N–H and O–H groups in total. The Morgan fingerprint density at radius 2 is 1.88 bits per heavy atom. The maximum atomic E-state index is 5.24. The van der Waals surface area contributed by atoms with E-state index in [1.165, 1.54) is 0 Å². The second-order valence-electron chi connectivity index (χ2n) is 3.04. The highest BCUT2D eigenvalue weighted by Crippen LogP contribution is 2.10. The Bertz CT molecular complexity index is 295. The summed E-state index contributed by atoms with van der Waals surface area (Å²) in [5, 5.41) is 3.06. The lowest BCUT2D eigenvalue weighted by Crippen LogP contribution is -2.31. The van der Waals surface area contributed by atoms with E-state index in [-0.39, 0.29) is 0 Å². The predicted molar refractivity (Wildman–Crippen MR) is 66.3 cm³/mol. The van der Waals surface area contributed by atoms with Crippen LogP contribution in [0.4, 0.5) is 0 Å². The number of ether oxygens (including phenoxy) is 2. The maximum absolute atomic E-state index is 5.24. The van der Waals surface area contributed by atoms with Gasteiger partial charge in [-0.3, -0.25) is 0 Å². The van der Waals surface area contributed by atoms with Gasteiger partial charge < -0.3 is 19.7 Å². The first kappa shape index (κ1) is 14.2. The maximum Gasteiger partial charge on any atom is 0.233 e. The number of rotatable bonds is 8. The molecule has 0 spiro atoms. The van der Waals surface area contributed by atoms with E-state index in [9.17, 15) is 0 Å². The third-order valence-corrected chi connectivity index (χ3v) is 1.95. The van der Waals surface area contributed by atoms with Crippen molar-refractivity contribution in [1.82, 2.24) is 10.2 Å². The zero-order valence-electron chi connectivity index (χ0n) is 10.2. The minimum absolute atomic E-state index is 0.536. The van der Waals surface area contributed by atoms with Crippen molar-refractivity contribution in [2.24, 2.45) is 0 Å². The highest BCUT2D eigenvalue weighted by Gasteiger charge is 2.10. The van der Waals surface area contributed by atoms with Gasteiger partial charge in [-0.2, -0.15) is 0 Å². The van der Waals surface area contributed by atoms with E-state index in [0.717, 1.165) is 5.70 Å². The van der Waals surface area contributed by atoms with Crippen molar-refractivity contribution in [2.75, 3.05) is 27.9 Å². The van der Waals surface area contributed by atoms with Crippen LogP contribution < -0.4 is 5.32 Å². The molecule has 0 bridgehead atoms. The summed E-state index contributed by atoms with van der Waals surface area (Å²) in [5.41, 5.74) is 0.750. The van der Waals surface area contributed by atoms with Gasteiger partial charge >= 0.3 is 0 Å². The van der Waals surface area contributed by atoms with Crippen LogP contribution in [-0.2, 0) is 9.47 Å². The van der Waals surface area contributed by atoms with E-state index >= 15 is 0 Å². The highest BCUT2D eigenvalue weighted by atomic mass is 16.5. The lowest BCUT2D eigenvalue weighted by molar-refractivity contribution is 0.139. The fourth-order valence-corrected chi connectivity index (χ4v) is 1.07. The lowest BCUT2D eigenvalue weighted by Gasteiger charge is -2.23. The standard InChI is InChI=1S/C12H20N2O2/c1-7-10(3)13-9-14(4)12(16-6)11(8-2)15-5/h7-8,13H,1-3,9H2,4-6H3/b12-11-. The van der Waals surface area contributed by atoms with E-state index in [1.54, 1.807) is 26.4 Å². The highest BCUT2D eigenvalue weighted by molar-refractivity contribution is 5.13. The normalized spacial score (nSPS) is 10.9. The molecule has 0 aliphatic heterocycles. The van der Waals surface area contributed by atoms with Gasteiger partial charge in [-0.1, -0.05) is 19.7 Å². The topological polar surface area (TPSA) is 33.7 Å². The van der Waals surface area contributed by atoms with Crippen molar-refractivity contribution in [3.8, 4) is 0 Å². The molecule has 0 radical (unpaired) electrons. The molecular formula is C12H20N2O2. The van der Waals surface area contributed by atoms with Gasteiger partial charge in [-0.15, -0.1) is 0 Å². The monoisotopic (exact) mass is 224 g/mol. The molecule has 0 heterocycles. The zero-order valence-corrected chi connectivity index (χ0v) is 10.2. The minimum atomic E-state index is 0.536. The first-order valence-electron chi connectivity index (χ1n) is 4.81. The summed E-state index contributed by atoms with van der Waals surface area (Å²) in [7, 11) is 5.02. The number of hydrogen-bond donors (Lipinski definition) is 1. The van der Waals surface area contributed by atoms with Crippen molar-refractivity contribution in [2.45, 2.75) is 0 Å². The van der Waals surface area contributed by atoms with Crippen molar-refractivity contribution < 1.29 is 9.47 Å². The van der Waals surface area contributed by atoms with Gasteiger partial charge in [0.15, 0.2) is 5.76 Å². The van der Waals surface area contributed by atoms with Crippen molar-refractivity contribution in [1.29, 1.82) is 0 Å². The Labute approximate surface area is 97.5 Å². The van der Waals surface area contributed by atoms with Crippen LogP contribution in [0.5, 0.6) is 0 Å². The molecule has 0 aromatic heterocycles. The lowest BCUT2D eigenvalue weighted by atomic mass is 10.4. The van der Waals surface area contributed by atoms with Crippen LogP contribution in [0, 0.1) is 0 Å². The molecule has 4 nitrogen and oxygen atoms in total. The second kappa shape index (κ2) is 7.45. The van der Waals surface area contributed by atoms with Crippen molar-refractivity contribution in [3.05, 3.63) is 49.2 Å². The van der Waals surface area contributed by atoms with E-state index in [2.05, 4.69) is 25.1 Å². The molecule has 0 atom stereocenters. The van der Waals surface area contributed by atoms with Crippen LogP contribution in [0.3, 0.4) is 0 Å². The molecule has 0 aliphatic carbocycles. The van der Waals surface area contributed by atoms with Gasteiger partial charge in [0.1, 0.15) is 0 Å². The van der Waals surface area contributed by atoms with E-state index < -0.39 is 0 Å². The largest absolute Gasteiger partial charge is 0.491 e. The quantitative estimate of drug-likeness (QED) is 0.387. The Morgan fingerprint density at radius 1 is 1.25 bits per heavy atom. The van der Waals surface area contributed by atoms with E-state index in [4.69, 9.17) is 9.47 Å². The van der Waals surface area contributed by atoms with Gasteiger partial charge in [-0.05, 0) is 12.2 Å². The Kier molecular flexibility index (Phi) is 6.59. The summed E-state index contributed by atoms with van der Waals surface area (Å²) in [6, 6.07) is 0. The molecule has 0 aromatic carbocycles. The average Bonchev–Trinajstić information content (AvgIpc) is 2.32. The van der Waals surface area contributed by atoms with Gasteiger partial charge in [0.2, 0.25) is 5.88 Å². The van der Waals surface area contributed by atoms with Gasteiger partial charge in [0, 0.05) is 12.7 Å². The van der Waals surface area contributed by atoms with Crippen LogP contribution in [0.2, 0.25) is 0 Å². The third-order valence-electron chi connectivity index (χ3n) is 1.95. The predicted octanol–water partition coefficient (Wildman–Crippen LogP) is 1.81. The summed E-state index contributed by atoms with van der Waals surface area (Å²) in [6.45, 7) is 11.5. The molecule has 4 heteroatoms. The van der Waals surface area contributed by atoms with Crippen molar-refractivity contribution >= 4 is 0 Å². The number of hydrogen-bond acceptors (Lipinski definition) is 4. The number of allylic oxidation sites excluding steroid dienone is 2. The second-order valence-corrected chi connectivity index (χ2v) is 3.04. The fourth-order valence-electron chi connectivity index (χ4n) is 1.07. The summed E-state index contributed by atoms with van der Waals surface area (Å²) in [5.74, 6) is 1.18. The average molecular weight is 224 g/mol. The molecule has 0 amide bonds. The van der Waals surface area contributed by atoms with Crippen molar-refractivity contribution in [3.63, 3.8) is 0 Å². The van der Waals surface area contributed by atoms with Crippen LogP contribution in [0.25, 0.3) is 0 Å². The molecule has 0 unspecified atom stereocenters. The van der Waals surface area contributed by atoms with Gasteiger partial charge in [0.05, 0.1) is 20.9 Å². The summed E-state index contributed by atoms with van der Waals surface area (Å²) < 4.78 is 10.4. The van der Waals surface area contributed by atoms with Crippen LogP contribution in [-0.4, -0.2) is 32.8 Å². The number of nitrogens with one attached hydrogen (secondary N) is 1. The third kappa shape index (κ3) is 4.13. The minimum Gasteiger partial charge on any atom is -0.491 e. The molecule has 0 saturated carbocycles. The van der Waals surface area contributed by atoms with Gasteiger partial charge in [0.25, 0.3) is 0 Å². The Balaban J connectivity index is 4.59. The first-order chi connectivity index (χ1) is 7.60. The molecular weight excluding hydrogens is 204 g/mol. The van der Waals surface area contributed by atoms with Gasteiger partial charge in [-0.25, -0.2) is 0 Å². The SMILES string of the molecule is C=CC(=C)NCN(C)/C(OC)=C(\C=C)OC. The smallest absolute Gasteiger partial charge is 0.233 e. The Morgan fingerprint density at radius 3 is 2.25 bits per heavy atom. The molecule has 0 saturated heterocycles. The van der Waals surface area contributed by atoms with E-state index in [0.29, 0.717) is 18.3 Å². The molecule has 0 fully saturated rings. The first-order valence-corrected chi connectivity index (χ1v) is 4.81. The summed E-state index contributed by atoms with van der Waals surface area (Å²) in [6.07, 6.45) is 3.24. The number of methoxy groups -OCH3 is 2. The van der Waals surface area contributed by atoms with Crippen LogP contribution in [0.15, 0.2) is 49.2 Å². The molecule has 90 valence electrons. The summed E-state index contributed by atoms with van der Waals surface area (Å²) >= 11 is 0. The fraction of sp³-hybridized carbons (Fsp3) is 0.333. The summed E-state index contributed by atoms with van der Waals surface area (Å²) in [4.78, 5) is 1.84. The molecule has 0 rings (SSSR count). The van der Waals surface area contributed by atoms with Crippen LogP contribution >= 0.6 is 0 Å². The molecule has 0 aliphatic rings. The molecule has 0 aromatic rings. The molecule has 16 heavy (non-hydrogen) atoms.